The van der Waals surface area contributed by atoms with E-state index in [0.717, 1.165) is 0 Å². The van der Waals surface area contributed by atoms with Gasteiger partial charge in [0.05, 0.1) is 12.7 Å². The van der Waals surface area contributed by atoms with Crippen LogP contribution in [0.5, 0.6) is 0 Å². The third kappa shape index (κ3) is 7.75. The molecule has 0 fully saturated rings. The zero-order valence-corrected chi connectivity index (χ0v) is 5.62. The van der Waals surface area contributed by atoms with Gasteiger partial charge in [-0.25, -0.2) is 0 Å². The minimum atomic E-state index is -3.89. The molecule has 0 amide bonds. The van der Waals surface area contributed by atoms with Crippen LogP contribution in [0.2, 0.25) is 0 Å². The van der Waals surface area contributed by atoms with E-state index in [2.05, 4.69) is 5.18 Å². The Kier molecular flexibility index (Phi) is 3.61. The fraction of sp³-hybridized carbons (Fsp3) is 1.00. The van der Waals surface area contributed by atoms with Gasteiger partial charge in [0, 0.05) is 0 Å². The van der Waals surface area contributed by atoms with Crippen molar-refractivity contribution in [2.75, 3.05) is 12.7 Å². The average Bonchev–Trinajstić information content (AvgIpc) is 1.63. The van der Waals surface area contributed by atoms with Crippen LogP contribution < -0.4 is 0 Å². The predicted molar refractivity (Wildman–Crippen MR) is 32.2 cm³/mol. The zero-order valence-electron chi connectivity index (χ0n) is 4.73. The van der Waals surface area contributed by atoms with Crippen LogP contribution in [0.25, 0.3) is 0 Å². The molecule has 6 heteroatoms. The van der Waals surface area contributed by atoms with Crippen LogP contribution in [0.3, 0.4) is 0 Å². The summed E-state index contributed by atoms with van der Waals surface area (Å²) in [5.41, 5.74) is 0. The Morgan fingerprint density at radius 3 is 2.33 bits per heavy atom. The molecule has 0 spiro atoms. The van der Waals surface area contributed by atoms with Gasteiger partial charge in [-0.2, -0.15) is 4.91 Å². The molecular formula is C3H8NO4P. The van der Waals surface area contributed by atoms with Gasteiger partial charge in [0.25, 0.3) is 0 Å². The molecule has 2 N–H and O–H groups in total. The van der Waals surface area contributed by atoms with Crippen LogP contribution in [0.15, 0.2) is 5.18 Å². The molecule has 0 aromatic heterocycles. The van der Waals surface area contributed by atoms with Gasteiger partial charge in [0.1, 0.15) is 0 Å². The topological polar surface area (TPSA) is 87.0 Å². The third-order valence-electron chi connectivity index (χ3n) is 0.699. The number of nitrogens with zero attached hydrogens (tertiary/aromatic N) is 1. The van der Waals surface area contributed by atoms with Crippen LogP contribution in [-0.4, -0.2) is 22.5 Å². The van der Waals surface area contributed by atoms with Crippen LogP contribution in [-0.2, 0) is 4.57 Å². The summed E-state index contributed by atoms with van der Waals surface area (Å²) in [6, 6.07) is 0. The van der Waals surface area contributed by atoms with E-state index in [1.54, 1.807) is 0 Å². The van der Waals surface area contributed by atoms with Crippen molar-refractivity contribution in [3.63, 3.8) is 0 Å². The Hall–Kier alpha value is -0.250. The van der Waals surface area contributed by atoms with Gasteiger partial charge < -0.3 is 9.79 Å². The molecular weight excluding hydrogens is 145 g/mol. The standard InChI is InChI=1S/C3H8NO4P/c5-4-2-1-3-9(6,7)8/h1-3H2,(H2,6,7,8). The molecule has 0 heterocycles. The van der Waals surface area contributed by atoms with Crippen molar-refractivity contribution < 1.29 is 14.4 Å². The Balaban J connectivity index is 3.28. The maximum Gasteiger partial charge on any atom is 0.325 e. The molecule has 0 atom stereocenters. The molecule has 5 nitrogen and oxygen atoms in total. The lowest BCUT2D eigenvalue weighted by molar-refractivity contribution is 0.372. The van der Waals surface area contributed by atoms with Gasteiger partial charge in [-0.3, -0.25) is 4.57 Å². The van der Waals surface area contributed by atoms with Crippen LogP contribution in [0.1, 0.15) is 6.42 Å². The number of hydrogen-bond donors (Lipinski definition) is 2. The van der Waals surface area contributed by atoms with Crippen molar-refractivity contribution >= 4 is 7.60 Å². The molecule has 0 aliphatic rings. The van der Waals surface area contributed by atoms with Crippen LogP contribution in [0.4, 0.5) is 0 Å². The van der Waals surface area contributed by atoms with Gasteiger partial charge >= 0.3 is 7.60 Å². The lowest BCUT2D eigenvalue weighted by Gasteiger charge is -1.98. The summed E-state index contributed by atoms with van der Waals surface area (Å²) in [5, 5.41) is 2.45. The van der Waals surface area contributed by atoms with Gasteiger partial charge in [0.2, 0.25) is 0 Å². The second-order valence-electron chi connectivity index (χ2n) is 1.59. The summed E-state index contributed by atoms with van der Waals surface area (Å²) < 4.78 is 10.1. The summed E-state index contributed by atoms with van der Waals surface area (Å²) in [4.78, 5) is 25.8. The van der Waals surface area contributed by atoms with Crippen molar-refractivity contribution in [1.29, 1.82) is 0 Å². The second kappa shape index (κ2) is 3.71. The van der Waals surface area contributed by atoms with Gasteiger partial charge in [-0.05, 0) is 6.42 Å². The quantitative estimate of drug-likeness (QED) is 0.346. The Bertz CT molecular complexity index is 130. The normalized spacial score (nSPS) is 11.3. The average molecular weight is 153 g/mol. The number of nitroso groups, excluding NO2 is 1. The molecule has 54 valence electrons. The molecule has 0 unspecified atom stereocenters. The first-order chi connectivity index (χ1) is 4.06. The lowest BCUT2D eigenvalue weighted by atomic mass is 10.5. The molecule has 0 saturated carbocycles. The Morgan fingerprint density at radius 2 is 2.00 bits per heavy atom. The Morgan fingerprint density at radius 1 is 1.44 bits per heavy atom. The molecule has 0 aromatic carbocycles. The first kappa shape index (κ1) is 8.75. The van der Waals surface area contributed by atoms with Crippen molar-refractivity contribution in [3.8, 4) is 0 Å². The van der Waals surface area contributed by atoms with E-state index in [1.807, 2.05) is 0 Å². The number of hydrogen-bond acceptors (Lipinski definition) is 3. The molecule has 0 bridgehead atoms. The second-order valence-corrected chi connectivity index (χ2v) is 3.37. The fourth-order valence-electron chi connectivity index (χ4n) is 0.341. The van der Waals surface area contributed by atoms with E-state index in [9.17, 15) is 9.47 Å². The van der Waals surface area contributed by atoms with Crippen molar-refractivity contribution in [3.05, 3.63) is 4.91 Å². The lowest BCUT2D eigenvalue weighted by Crippen LogP contribution is -1.89. The van der Waals surface area contributed by atoms with Crippen molar-refractivity contribution in [2.45, 2.75) is 6.42 Å². The van der Waals surface area contributed by atoms with E-state index in [1.165, 1.54) is 0 Å². The maximum atomic E-state index is 10.1. The van der Waals surface area contributed by atoms with E-state index < -0.39 is 7.60 Å². The van der Waals surface area contributed by atoms with E-state index >= 15 is 0 Å². The summed E-state index contributed by atoms with van der Waals surface area (Å²) in [5.74, 6) is 0. The van der Waals surface area contributed by atoms with Gasteiger partial charge in [-0.1, -0.05) is 5.18 Å². The fourth-order valence-corrected chi connectivity index (χ4v) is 0.895. The Labute approximate surface area is 52.2 Å². The maximum absolute atomic E-state index is 10.1. The van der Waals surface area contributed by atoms with Crippen LogP contribution in [0, 0.1) is 4.91 Å². The molecule has 0 rings (SSSR count). The highest BCUT2D eigenvalue weighted by atomic mass is 31.2. The monoisotopic (exact) mass is 153 g/mol. The molecule has 0 aromatic rings. The first-order valence-electron chi connectivity index (χ1n) is 2.40. The summed E-state index contributed by atoms with van der Waals surface area (Å²) >= 11 is 0. The van der Waals surface area contributed by atoms with Crippen molar-refractivity contribution in [1.82, 2.24) is 0 Å². The smallest absolute Gasteiger partial charge is 0.324 e. The molecule has 0 saturated heterocycles. The largest absolute Gasteiger partial charge is 0.325 e. The first-order valence-corrected chi connectivity index (χ1v) is 4.20. The summed E-state index contributed by atoms with van der Waals surface area (Å²) in [7, 11) is -3.89. The minimum Gasteiger partial charge on any atom is -0.324 e. The van der Waals surface area contributed by atoms with E-state index in [4.69, 9.17) is 9.79 Å². The third-order valence-corrected chi connectivity index (χ3v) is 1.60. The molecule has 9 heavy (non-hydrogen) atoms. The molecule has 0 radical (unpaired) electrons. The van der Waals surface area contributed by atoms with E-state index in [0.29, 0.717) is 0 Å². The van der Waals surface area contributed by atoms with Crippen molar-refractivity contribution in [2.24, 2.45) is 5.18 Å². The van der Waals surface area contributed by atoms with Crippen LogP contribution >= 0.6 is 7.60 Å². The zero-order chi connectivity index (χ0) is 7.33. The summed E-state index contributed by atoms with van der Waals surface area (Å²) in [6.45, 7) is -0.0227. The molecule has 0 aliphatic carbocycles. The number of rotatable bonds is 4. The summed E-state index contributed by atoms with van der Waals surface area (Å²) in [6.07, 6.45) is -0.0908. The van der Waals surface area contributed by atoms with Gasteiger partial charge in [0.15, 0.2) is 0 Å². The van der Waals surface area contributed by atoms with Gasteiger partial charge in [-0.15, -0.1) is 0 Å². The predicted octanol–water partition coefficient (Wildman–Crippen LogP) is 0.321. The highest BCUT2D eigenvalue weighted by Crippen LogP contribution is 2.34. The van der Waals surface area contributed by atoms with E-state index in [-0.39, 0.29) is 19.1 Å². The minimum absolute atomic E-state index is 0.0227. The highest BCUT2D eigenvalue weighted by molar-refractivity contribution is 7.51. The SMILES string of the molecule is O=NCCCP(=O)(O)O. The highest BCUT2D eigenvalue weighted by Gasteiger charge is 2.10. The molecule has 0 aliphatic heterocycles.